The maximum Gasteiger partial charge on any atom is 0.435 e. The van der Waals surface area contributed by atoms with E-state index in [4.69, 9.17) is 0 Å². The first-order valence-electron chi connectivity index (χ1n) is 6.21. The standard InChI is InChI=1S/C13H15F3N4/c1-3-10-6-9(8-17-2)7-12(18-10)20-5-4-11(19-20)13(14,15)16/h4-7,17H,3,8H2,1-2H3. The molecule has 0 saturated carbocycles. The highest BCUT2D eigenvalue weighted by molar-refractivity contribution is 5.31. The number of aryl methyl sites for hydroxylation is 1. The zero-order chi connectivity index (χ0) is 14.8. The van der Waals surface area contributed by atoms with Crippen LogP contribution in [0.25, 0.3) is 5.82 Å². The Morgan fingerprint density at radius 2 is 2.05 bits per heavy atom. The second kappa shape index (κ2) is 5.62. The molecule has 0 amide bonds. The number of hydrogen-bond donors (Lipinski definition) is 1. The molecule has 2 heterocycles. The minimum absolute atomic E-state index is 0.394. The van der Waals surface area contributed by atoms with Crippen molar-refractivity contribution in [1.29, 1.82) is 0 Å². The minimum atomic E-state index is -4.44. The van der Waals surface area contributed by atoms with Gasteiger partial charge in [0.2, 0.25) is 0 Å². The topological polar surface area (TPSA) is 42.7 Å². The van der Waals surface area contributed by atoms with E-state index in [9.17, 15) is 13.2 Å². The van der Waals surface area contributed by atoms with Crippen molar-refractivity contribution in [2.24, 2.45) is 0 Å². The molecule has 2 rings (SSSR count). The smallest absolute Gasteiger partial charge is 0.316 e. The minimum Gasteiger partial charge on any atom is -0.316 e. The van der Waals surface area contributed by atoms with E-state index in [-0.39, 0.29) is 0 Å². The molecule has 0 spiro atoms. The molecule has 7 heteroatoms. The predicted molar refractivity (Wildman–Crippen MR) is 68.5 cm³/mol. The Labute approximate surface area is 114 Å². The van der Waals surface area contributed by atoms with Gasteiger partial charge in [0.05, 0.1) is 0 Å². The van der Waals surface area contributed by atoms with Crippen LogP contribution in [0.5, 0.6) is 0 Å². The number of pyridine rings is 1. The summed E-state index contributed by atoms with van der Waals surface area (Å²) in [5, 5.41) is 6.54. The first-order valence-corrected chi connectivity index (χ1v) is 6.21. The fraction of sp³-hybridized carbons (Fsp3) is 0.385. The molecule has 0 fully saturated rings. The Kier molecular flexibility index (Phi) is 4.08. The summed E-state index contributed by atoms with van der Waals surface area (Å²) in [7, 11) is 1.81. The Hall–Kier alpha value is -1.89. The van der Waals surface area contributed by atoms with Crippen molar-refractivity contribution in [3.63, 3.8) is 0 Å². The van der Waals surface area contributed by atoms with E-state index in [0.717, 1.165) is 22.0 Å². The van der Waals surface area contributed by atoms with Crippen LogP contribution in [0.4, 0.5) is 13.2 Å². The molecular weight excluding hydrogens is 269 g/mol. The van der Waals surface area contributed by atoms with Crippen molar-refractivity contribution in [3.05, 3.63) is 41.3 Å². The molecule has 0 aromatic carbocycles. The highest BCUT2D eigenvalue weighted by Gasteiger charge is 2.33. The lowest BCUT2D eigenvalue weighted by Gasteiger charge is -2.08. The average molecular weight is 284 g/mol. The second-order valence-electron chi connectivity index (χ2n) is 4.35. The molecule has 1 N–H and O–H groups in total. The Bertz CT molecular complexity index is 590. The molecule has 0 bridgehead atoms. The van der Waals surface area contributed by atoms with Crippen molar-refractivity contribution in [2.45, 2.75) is 26.1 Å². The zero-order valence-electron chi connectivity index (χ0n) is 11.2. The van der Waals surface area contributed by atoms with E-state index in [2.05, 4.69) is 15.4 Å². The average Bonchev–Trinajstić information content (AvgIpc) is 2.88. The SMILES string of the molecule is CCc1cc(CNC)cc(-n2ccc(C(F)(F)F)n2)n1. The fourth-order valence-corrected chi connectivity index (χ4v) is 1.84. The van der Waals surface area contributed by atoms with E-state index in [1.54, 1.807) is 13.1 Å². The third-order valence-electron chi connectivity index (χ3n) is 2.78. The van der Waals surface area contributed by atoms with Gasteiger partial charge in [0.25, 0.3) is 0 Å². The molecule has 0 aliphatic rings. The van der Waals surface area contributed by atoms with Gasteiger partial charge in [-0.3, -0.25) is 0 Å². The van der Waals surface area contributed by atoms with E-state index in [1.165, 1.54) is 6.20 Å². The largest absolute Gasteiger partial charge is 0.435 e. The number of hydrogen-bond acceptors (Lipinski definition) is 3. The van der Waals surface area contributed by atoms with Crippen molar-refractivity contribution >= 4 is 0 Å². The van der Waals surface area contributed by atoms with Crippen LogP contribution in [0.2, 0.25) is 0 Å². The van der Waals surface area contributed by atoms with Crippen LogP contribution in [-0.4, -0.2) is 21.8 Å². The van der Waals surface area contributed by atoms with Gasteiger partial charge < -0.3 is 5.32 Å². The highest BCUT2D eigenvalue weighted by Crippen LogP contribution is 2.27. The summed E-state index contributed by atoms with van der Waals surface area (Å²) in [6, 6.07) is 4.59. The molecule has 20 heavy (non-hydrogen) atoms. The van der Waals surface area contributed by atoms with Gasteiger partial charge in [-0.15, -0.1) is 0 Å². The molecule has 0 radical (unpaired) electrons. The maximum atomic E-state index is 12.6. The lowest BCUT2D eigenvalue weighted by molar-refractivity contribution is -0.141. The molecule has 0 atom stereocenters. The Morgan fingerprint density at radius 1 is 1.30 bits per heavy atom. The summed E-state index contributed by atoms with van der Waals surface area (Å²) < 4.78 is 38.8. The van der Waals surface area contributed by atoms with E-state index >= 15 is 0 Å². The molecule has 0 aliphatic carbocycles. The summed E-state index contributed by atoms with van der Waals surface area (Å²) >= 11 is 0. The molecule has 0 aliphatic heterocycles. The predicted octanol–water partition coefficient (Wildman–Crippen LogP) is 2.57. The summed E-state index contributed by atoms with van der Waals surface area (Å²) in [6.07, 6.45) is -2.47. The van der Waals surface area contributed by atoms with Crippen molar-refractivity contribution in [3.8, 4) is 5.82 Å². The summed E-state index contributed by atoms with van der Waals surface area (Å²) in [5.41, 5.74) is 0.853. The number of aromatic nitrogens is 3. The van der Waals surface area contributed by atoms with Crippen LogP contribution in [0.3, 0.4) is 0 Å². The molecule has 2 aromatic heterocycles. The number of halogens is 3. The molecule has 108 valence electrons. The van der Waals surface area contributed by atoms with Gasteiger partial charge in [0, 0.05) is 18.4 Å². The molecule has 4 nitrogen and oxygen atoms in total. The summed E-state index contributed by atoms with van der Waals surface area (Å²) in [6.45, 7) is 2.56. The van der Waals surface area contributed by atoms with Gasteiger partial charge in [-0.1, -0.05) is 6.92 Å². The first-order chi connectivity index (χ1) is 9.44. The van der Waals surface area contributed by atoms with Gasteiger partial charge in [-0.25, -0.2) is 9.67 Å². The quantitative estimate of drug-likeness (QED) is 0.938. The van der Waals surface area contributed by atoms with E-state index < -0.39 is 11.9 Å². The van der Waals surface area contributed by atoms with E-state index in [0.29, 0.717) is 18.8 Å². The zero-order valence-corrected chi connectivity index (χ0v) is 11.2. The number of alkyl halides is 3. The Morgan fingerprint density at radius 3 is 2.60 bits per heavy atom. The number of nitrogens with one attached hydrogen (secondary N) is 1. The van der Waals surface area contributed by atoms with Crippen molar-refractivity contribution in [2.75, 3.05) is 7.05 Å². The fourth-order valence-electron chi connectivity index (χ4n) is 1.84. The molecule has 2 aromatic rings. The lowest BCUT2D eigenvalue weighted by Crippen LogP contribution is -2.10. The third-order valence-corrected chi connectivity index (χ3v) is 2.78. The van der Waals surface area contributed by atoms with Gasteiger partial charge in [0.15, 0.2) is 11.5 Å². The van der Waals surface area contributed by atoms with Gasteiger partial charge in [-0.2, -0.15) is 18.3 Å². The van der Waals surface area contributed by atoms with Crippen LogP contribution in [0.1, 0.15) is 23.9 Å². The normalized spacial score (nSPS) is 11.8. The van der Waals surface area contributed by atoms with E-state index in [1.807, 2.05) is 13.0 Å². The maximum absolute atomic E-state index is 12.6. The number of rotatable bonds is 4. The summed E-state index contributed by atoms with van der Waals surface area (Å²) in [5.74, 6) is 0.394. The third kappa shape index (κ3) is 3.16. The first kappa shape index (κ1) is 14.5. The highest BCUT2D eigenvalue weighted by atomic mass is 19.4. The van der Waals surface area contributed by atoms with Crippen LogP contribution in [-0.2, 0) is 19.1 Å². The van der Waals surface area contributed by atoms with Crippen LogP contribution >= 0.6 is 0 Å². The molecule has 0 saturated heterocycles. The van der Waals surface area contributed by atoms with Crippen molar-refractivity contribution in [1.82, 2.24) is 20.1 Å². The van der Waals surface area contributed by atoms with Crippen LogP contribution in [0.15, 0.2) is 24.4 Å². The van der Waals surface area contributed by atoms with Crippen LogP contribution in [0, 0.1) is 0 Å². The van der Waals surface area contributed by atoms with Gasteiger partial charge in [0.1, 0.15) is 0 Å². The van der Waals surface area contributed by atoms with Crippen molar-refractivity contribution < 1.29 is 13.2 Å². The summed E-state index contributed by atoms with van der Waals surface area (Å²) in [4.78, 5) is 4.31. The molecule has 0 unspecified atom stereocenters. The monoisotopic (exact) mass is 284 g/mol. The molecular formula is C13H15F3N4. The Balaban J connectivity index is 2.41. The van der Waals surface area contributed by atoms with Gasteiger partial charge >= 0.3 is 6.18 Å². The number of nitrogens with zero attached hydrogens (tertiary/aromatic N) is 3. The lowest BCUT2D eigenvalue weighted by atomic mass is 10.2. The van der Waals surface area contributed by atoms with Crippen LogP contribution < -0.4 is 5.32 Å². The van der Waals surface area contributed by atoms with Gasteiger partial charge in [-0.05, 0) is 37.2 Å². The second-order valence-corrected chi connectivity index (χ2v) is 4.35.